The molecule has 0 spiro atoms. The number of para-hydroxylation sites is 2. The fourth-order valence-corrected chi connectivity index (χ4v) is 8.84. The zero-order valence-corrected chi connectivity index (χ0v) is 24.9. The third kappa shape index (κ3) is 5.51. The van der Waals surface area contributed by atoms with Crippen molar-refractivity contribution in [3.05, 3.63) is 95.8 Å². The molecule has 4 saturated carbocycles. The number of nitrogens with zero attached hydrogens (tertiary/aromatic N) is 2. The van der Waals surface area contributed by atoms with Crippen LogP contribution in [0, 0.1) is 17.8 Å². The summed E-state index contributed by atoms with van der Waals surface area (Å²) in [4.78, 5) is 17.9. The Labute approximate surface area is 257 Å². The second-order valence-electron chi connectivity index (χ2n) is 13.6. The van der Waals surface area contributed by atoms with E-state index in [1.165, 1.54) is 19.3 Å². The number of carbonyl (C=O) groups excluding carboxylic acids is 1. The molecule has 0 unspecified atom stereocenters. The van der Waals surface area contributed by atoms with Gasteiger partial charge >= 0.3 is 6.03 Å². The molecule has 2 amide bonds. The minimum Gasteiger partial charge on any atom is -0.392 e. The summed E-state index contributed by atoms with van der Waals surface area (Å²) in [6.07, 6.45) is 8.98. The largest absolute Gasteiger partial charge is 0.392 e. The number of anilines is 1. The molecule has 1 aliphatic heterocycles. The van der Waals surface area contributed by atoms with E-state index >= 15 is 0 Å². The smallest absolute Gasteiger partial charge is 0.319 e. The van der Waals surface area contributed by atoms with Crippen LogP contribution >= 0.6 is 0 Å². The van der Waals surface area contributed by atoms with E-state index in [-0.39, 0.29) is 30.4 Å². The summed E-state index contributed by atoms with van der Waals surface area (Å²) in [7, 11) is 0. The van der Waals surface area contributed by atoms with Crippen LogP contribution in [0.2, 0.25) is 0 Å². The van der Waals surface area contributed by atoms with Gasteiger partial charge in [-0.05, 0) is 91.7 Å². The lowest BCUT2D eigenvalue weighted by Gasteiger charge is -2.56. The zero-order valence-electron chi connectivity index (χ0n) is 24.9. The maximum atomic E-state index is 13.3. The first-order valence-corrected chi connectivity index (χ1v) is 16.1. The molecule has 2 heterocycles. The van der Waals surface area contributed by atoms with Crippen molar-refractivity contribution in [2.75, 3.05) is 5.32 Å². The van der Waals surface area contributed by atoms with Gasteiger partial charge in [0.05, 0.1) is 42.7 Å². The molecule has 1 saturated heterocycles. The molecule has 8 nitrogen and oxygen atoms in total. The van der Waals surface area contributed by atoms with E-state index in [4.69, 9.17) is 9.47 Å². The second-order valence-corrected chi connectivity index (χ2v) is 13.6. The maximum Gasteiger partial charge on any atom is 0.319 e. The van der Waals surface area contributed by atoms with Gasteiger partial charge in [-0.15, -0.1) is 0 Å². The Bertz CT molecular complexity index is 1610. The molecule has 5 aliphatic rings. The second kappa shape index (κ2) is 11.3. The first kappa shape index (κ1) is 27.8. The number of carbonyl (C=O) groups is 1. The van der Waals surface area contributed by atoms with E-state index in [1.54, 1.807) is 0 Å². The number of benzene rings is 3. The van der Waals surface area contributed by atoms with Crippen molar-refractivity contribution in [3.8, 4) is 0 Å². The number of aliphatic hydroxyl groups excluding tert-OH is 1. The van der Waals surface area contributed by atoms with Gasteiger partial charge in [0.25, 0.3) is 0 Å². The van der Waals surface area contributed by atoms with Crippen LogP contribution in [0.15, 0.2) is 79.1 Å². The molecule has 3 aromatic carbocycles. The molecule has 9 rings (SSSR count). The third-order valence-corrected chi connectivity index (χ3v) is 10.4. The van der Waals surface area contributed by atoms with Crippen molar-refractivity contribution in [2.45, 2.75) is 82.1 Å². The Balaban J connectivity index is 1.01. The number of imidazole rings is 1. The van der Waals surface area contributed by atoms with Crippen LogP contribution in [0.4, 0.5) is 10.5 Å². The Hall–Kier alpha value is -3.72. The molecule has 3 atom stereocenters. The number of ether oxygens (including phenoxy) is 2. The van der Waals surface area contributed by atoms with E-state index in [9.17, 15) is 9.90 Å². The summed E-state index contributed by atoms with van der Waals surface area (Å²) in [5.74, 6) is 2.31. The minimum atomic E-state index is -0.612. The molecule has 8 heteroatoms. The van der Waals surface area contributed by atoms with Gasteiger partial charge in [0.2, 0.25) is 0 Å². The molecule has 4 bridgehead atoms. The topological polar surface area (TPSA) is 97.6 Å². The summed E-state index contributed by atoms with van der Waals surface area (Å²) in [6, 6.07) is 23.7. The van der Waals surface area contributed by atoms with Crippen LogP contribution in [-0.2, 0) is 22.6 Å². The number of rotatable bonds is 7. The van der Waals surface area contributed by atoms with Crippen molar-refractivity contribution < 1.29 is 19.4 Å². The molecule has 228 valence electrons. The fraction of sp³-hybridized carbons (Fsp3) is 0.444. The Morgan fingerprint density at radius 1 is 0.886 bits per heavy atom. The minimum absolute atomic E-state index is 0.00407. The molecule has 5 fully saturated rings. The quantitative estimate of drug-likeness (QED) is 0.218. The lowest BCUT2D eigenvalue weighted by atomic mass is 9.53. The van der Waals surface area contributed by atoms with Crippen LogP contribution in [0.3, 0.4) is 0 Å². The summed E-state index contributed by atoms with van der Waals surface area (Å²) in [5, 5.41) is 16.1. The lowest BCUT2D eigenvalue weighted by Crippen LogP contribution is -2.60. The summed E-state index contributed by atoms with van der Waals surface area (Å²) in [6.45, 7) is 0.640. The standard InChI is InChI=1S/C36H40N4O4/c41-21-23-8-10-27(11-9-23)33-16-30(20-40-22-37-31-6-1-2-7-32(31)40)43-34(44-33)28-4-3-5-29(15-28)38-35(42)39-36-17-24-12-25(18-36)14-26(13-24)19-36/h1-11,15,22,24-26,30,33-34,41H,12-14,16-21H2,(H2,38,39,42)/t24?,25?,26?,30-,33+,34+,36?/m1/s1. The van der Waals surface area contributed by atoms with E-state index in [0.717, 1.165) is 70.4 Å². The number of aromatic nitrogens is 2. The third-order valence-electron chi connectivity index (χ3n) is 10.4. The molecular formula is C36H40N4O4. The summed E-state index contributed by atoms with van der Waals surface area (Å²) < 4.78 is 15.3. The highest BCUT2D eigenvalue weighted by Crippen LogP contribution is 2.55. The van der Waals surface area contributed by atoms with Crippen molar-refractivity contribution in [1.29, 1.82) is 0 Å². The molecule has 4 aromatic rings. The zero-order chi connectivity index (χ0) is 29.7. The molecular weight excluding hydrogens is 552 g/mol. The predicted octanol–water partition coefficient (Wildman–Crippen LogP) is 6.86. The normalized spacial score (nSPS) is 30.8. The molecule has 0 radical (unpaired) electrons. The van der Waals surface area contributed by atoms with Crippen LogP contribution < -0.4 is 10.6 Å². The number of hydrogen-bond acceptors (Lipinski definition) is 5. The lowest BCUT2D eigenvalue weighted by molar-refractivity contribution is -0.252. The van der Waals surface area contributed by atoms with E-state index in [1.807, 2.05) is 73.1 Å². The van der Waals surface area contributed by atoms with Gasteiger partial charge in [-0.25, -0.2) is 9.78 Å². The van der Waals surface area contributed by atoms with Crippen LogP contribution in [0.5, 0.6) is 0 Å². The predicted molar refractivity (Wildman–Crippen MR) is 168 cm³/mol. The van der Waals surface area contributed by atoms with Gasteiger partial charge in [-0.3, -0.25) is 0 Å². The van der Waals surface area contributed by atoms with Gasteiger partial charge in [-0.1, -0.05) is 48.5 Å². The Morgan fingerprint density at radius 2 is 1.64 bits per heavy atom. The molecule has 3 N–H and O–H groups in total. The van der Waals surface area contributed by atoms with Crippen LogP contribution in [-0.4, -0.2) is 32.3 Å². The van der Waals surface area contributed by atoms with Gasteiger partial charge < -0.3 is 29.8 Å². The maximum absolute atomic E-state index is 13.3. The molecule has 1 aromatic heterocycles. The van der Waals surface area contributed by atoms with Crippen molar-refractivity contribution in [1.82, 2.24) is 14.9 Å². The number of fused-ring (bicyclic) bond motifs is 1. The van der Waals surface area contributed by atoms with Gasteiger partial charge in [0.1, 0.15) is 0 Å². The molecule has 4 aliphatic carbocycles. The number of hydrogen-bond donors (Lipinski definition) is 3. The number of urea groups is 1. The first-order valence-electron chi connectivity index (χ1n) is 16.1. The average molecular weight is 593 g/mol. The first-order chi connectivity index (χ1) is 21.5. The van der Waals surface area contributed by atoms with Gasteiger partial charge in [-0.2, -0.15) is 0 Å². The van der Waals surface area contributed by atoms with Crippen molar-refractivity contribution >= 4 is 22.8 Å². The van der Waals surface area contributed by atoms with Gasteiger partial charge in [0, 0.05) is 23.2 Å². The van der Waals surface area contributed by atoms with Crippen LogP contribution in [0.1, 0.15) is 74.0 Å². The van der Waals surface area contributed by atoms with Crippen LogP contribution in [0.25, 0.3) is 11.0 Å². The molecule has 44 heavy (non-hydrogen) atoms. The van der Waals surface area contributed by atoms with Crippen molar-refractivity contribution in [2.24, 2.45) is 17.8 Å². The highest BCUT2D eigenvalue weighted by molar-refractivity contribution is 5.90. The Kier molecular flexibility index (Phi) is 7.16. The average Bonchev–Trinajstić information content (AvgIpc) is 3.42. The number of aliphatic hydroxyl groups is 1. The number of nitrogens with one attached hydrogen (secondary N) is 2. The monoisotopic (exact) mass is 592 g/mol. The summed E-state index contributed by atoms with van der Waals surface area (Å²) in [5.41, 5.74) is 5.47. The highest BCUT2D eigenvalue weighted by Gasteiger charge is 2.51. The van der Waals surface area contributed by atoms with E-state index in [0.29, 0.717) is 13.0 Å². The van der Waals surface area contributed by atoms with E-state index < -0.39 is 6.29 Å². The fourth-order valence-electron chi connectivity index (χ4n) is 8.84. The van der Waals surface area contributed by atoms with Crippen molar-refractivity contribution in [3.63, 3.8) is 0 Å². The van der Waals surface area contributed by atoms with Gasteiger partial charge in [0.15, 0.2) is 6.29 Å². The Morgan fingerprint density at radius 3 is 2.39 bits per heavy atom. The SMILES string of the molecule is O=C(Nc1cccc([C@H]2O[C@@H](Cn3cnc4ccccc43)C[C@@H](c3ccc(CO)cc3)O2)c1)NC12CC3CC(CC(C3)C1)C2. The number of amides is 2. The highest BCUT2D eigenvalue weighted by atomic mass is 16.7. The van der Waals surface area contributed by atoms with E-state index in [2.05, 4.69) is 26.3 Å². The summed E-state index contributed by atoms with van der Waals surface area (Å²) >= 11 is 0.